The molecule has 4 atom stereocenters. The Bertz CT molecular complexity index is 635. The highest BCUT2D eigenvalue weighted by molar-refractivity contribution is 7.98. The van der Waals surface area contributed by atoms with Crippen molar-refractivity contribution in [3.63, 3.8) is 0 Å². The van der Waals surface area contributed by atoms with Gasteiger partial charge in [-0.2, -0.15) is 11.8 Å². The number of primary amides is 1. The molecule has 0 aliphatic heterocycles. The minimum atomic E-state index is -1.21. The second kappa shape index (κ2) is 15.4. The lowest BCUT2D eigenvalue weighted by Crippen LogP contribution is -2.57. The molecule has 0 aromatic carbocycles. The lowest BCUT2D eigenvalue weighted by atomic mass is 10.1. The van der Waals surface area contributed by atoms with Crippen molar-refractivity contribution in [1.82, 2.24) is 16.0 Å². The zero-order chi connectivity index (χ0) is 24.0. The summed E-state index contributed by atoms with van der Waals surface area (Å²) in [5.74, 6) is -3.43. The minimum absolute atomic E-state index is 0.242. The molecule has 0 rings (SSSR count). The molecule has 0 bridgehead atoms. The minimum Gasteiger partial charge on any atom is -0.480 e. The van der Waals surface area contributed by atoms with E-state index >= 15 is 0 Å². The fourth-order valence-corrected chi connectivity index (χ4v) is 2.97. The summed E-state index contributed by atoms with van der Waals surface area (Å²) in [5.41, 5.74) is 16.1. The number of carboxylic acids is 1. The summed E-state index contributed by atoms with van der Waals surface area (Å²) < 4.78 is 0. The van der Waals surface area contributed by atoms with Crippen molar-refractivity contribution in [1.29, 1.82) is 0 Å². The van der Waals surface area contributed by atoms with Crippen LogP contribution in [-0.4, -0.2) is 77.4 Å². The molecule has 31 heavy (non-hydrogen) atoms. The van der Waals surface area contributed by atoms with Gasteiger partial charge in [-0.1, -0.05) is 0 Å². The van der Waals surface area contributed by atoms with E-state index in [9.17, 15) is 24.0 Å². The van der Waals surface area contributed by atoms with Gasteiger partial charge >= 0.3 is 5.97 Å². The van der Waals surface area contributed by atoms with E-state index in [1.54, 1.807) is 0 Å². The molecule has 0 radical (unpaired) electrons. The fourth-order valence-electron chi connectivity index (χ4n) is 2.50. The van der Waals surface area contributed by atoms with Crippen LogP contribution in [0.25, 0.3) is 0 Å². The second-order valence-electron chi connectivity index (χ2n) is 7.03. The molecular formula is C18H34N6O6S. The molecule has 0 saturated heterocycles. The van der Waals surface area contributed by atoms with E-state index in [2.05, 4.69) is 16.0 Å². The summed E-state index contributed by atoms with van der Waals surface area (Å²) >= 11 is 1.45. The molecule has 0 aromatic rings. The molecule has 0 saturated carbocycles. The van der Waals surface area contributed by atoms with Gasteiger partial charge in [0.1, 0.15) is 18.1 Å². The van der Waals surface area contributed by atoms with Gasteiger partial charge in [0, 0.05) is 0 Å². The molecule has 0 heterocycles. The van der Waals surface area contributed by atoms with E-state index in [-0.39, 0.29) is 19.3 Å². The molecule has 0 aromatic heterocycles. The van der Waals surface area contributed by atoms with Crippen LogP contribution in [-0.2, 0) is 24.0 Å². The van der Waals surface area contributed by atoms with E-state index in [1.165, 1.54) is 18.7 Å². The quantitative estimate of drug-likeness (QED) is 0.122. The SMILES string of the molecule is CSCCC(NC(=O)C(N)CC(N)=O)C(=O)NC(CCCCN)C(=O)NC(C)C(=O)O. The van der Waals surface area contributed by atoms with E-state index in [1.807, 2.05) is 6.26 Å². The molecule has 10 N–H and O–H groups in total. The van der Waals surface area contributed by atoms with Crippen LogP contribution in [0.1, 0.15) is 39.0 Å². The summed E-state index contributed by atoms with van der Waals surface area (Å²) in [6.45, 7) is 1.71. The maximum absolute atomic E-state index is 12.8. The molecule has 4 amide bonds. The Morgan fingerprint density at radius 3 is 2.00 bits per heavy atom. The average molecular weight is 463 g/mol. The van der Waals surface area contributed by atoms with Crippen LogP contribution in [0, 0.1) is 0 Å². The highest BCUT2D eigenvalue weighted by Crippen LogP contribution is 2.06. The van der Waals surface area contributed by atoms with Crippen molar-refractivity contribution in [3.05, 3.63) is 0 Å². The third kappa shape index (κ3) is 12.2. The van der Waals surface area contributed by atoms with Gasteiger partial charge in [0.2, 0.25) is 23.6 Å². The van der Waals surface area contributed by atoms with Crippen LogP contribution in [0.2, 0.25) is 0 Å². The van der Waals surface area contributed by atoms with Gasteiger partial charge in [-0.3, -0.25) is 24.0 Å². The standard InChI is InChI=1S/C18H34N6O6S/c1-10(18(29)30)22-16(27)12(5-3-4-7-19)24-17(28)13(6-8-31-2)23-15(26)11(20)9-14(21)25/h10-13H,3-9,19-20H2,1-2H3,(H2,21,25)(H,22,27)(H,23,26)(H,24,28)(H,29,30). The van der Waals surface area contributed by atoms with Crippen molar-refractivity contribution in [2.24, 2.45) is 17.2 Å². The number of carbonyl (C=O) groups excluding carboxylic acids is 4. The summed E-state index contributed by atoms with van der Waals surface area (Å²) in [6, 6.07) is -4.35. The third-order valence-corrected chi connectivity index (χ3v) is 4.95. The maximum atomic E-state index is 12.8. The van der Waals surface area contributed by atoms with Crippen molar-refractivity contribution >= 4 is 41.4 Å². The second-order valence-corrected chi connectivity index (χ2v) is 8.02. The first-order valence-electron chi connectivity index (χ1n) is 9.90. The molecular weight excluding hydrogens is 428 g/mol. The normalized spacial score (nSPS) is 14.6. The predicted octanol–water partition coefficient (Wildman–Crippen LogP) is -2.37. The highest BCUT2D eigenvalue weighted by Gasteiger charge is 2.29. The van der Waals surface area contributed by atoms with Crippen molar-refractivity contribution in [3.8, 4) is 0 Å². The number of hydrogen-bond acceptors (Lipinski definition) is 8. The van der Waals surface area contributed by atoms with E-state index in [4.69, 9.17) is 22.3 Å². The zero-order valence-corrected chi connectivity index (χ0v) is 18.7. The number of nitrogens with one attached hydrogen (secondary N) is 3. The highest BCUT2D eigenvalue weighted by atomic mass is 32.2. The van der Waals surface area contributed by atoms with Gasteiger partial charge in [-0.25, -0.2) is 0 Å². The molecule has 0 spiro atoms. The number of unbranched alkanes of at least 4 members (excludes halogenated alkanes) is 1. The lowest BCUT2D eigenvalue weighted by Gasteiger charge is -2.24. The zero-order valence-electron chi connectivity index (χ0n) is 17.9. The Kier molecular flexibility index (Phi) is 14.2. The van der Waals surface area contributed by atoms with Crippen molar-refractivity contribution < 1.29 is 29.1 Å². The summed E-state index contributed by atoms with van der Waals surface area (Å²) in [6.07, 6.45) is 3.09. The van der Waals surface area contributed by atoms with E-state index in [0.29, 0.717) is 25.1 Å². The molecule has 12 nitrogen and oxygen atoms in total. The van der Waals surface area contributed by atoms with Gasteiger partial charge in [0.15, 0.2) is 0 Å². The molecule has 0 fully saturated rings. The van der Waals surface area contributed by atoms with Gasteiger partial charge in [-0.05, 0) is 51.2 Å². The average Bonchev–Trinajstić information content (AvgIpc) is 2.69. The maximum Gasteiger partial charge on any atom is 0.325 e. The molecule has 178 valence electrons. The van der Waals surface area contributed by atoms with E-state index in [0.717, 1.165) is 0 Å². The Morgan fingerprint density at radius 1 is 0.935 bits per heavy atom. The fraction of sp³-hybridized carbons (Fsp3) is 0.722. The van der Waals surface area contributed by atoms with Gasteiger partial charge in [-0.15, -0.1) is 0 Å². The van der Waals surface area contributed by atoms with Gasteiger partial charge < -0.3 is 38.3 Å². The van der Waals surface area contributed by atoms with Crippen molar-refractivity contribution in [2.75, 3.05) is 18.6 Å². The number of amides is 4. The Morgan fingerprint density at radius 2 is 1.48 bits per heavy atom. The number of nitrogens with two attached hydrogens (primary N) is 3. The van der Waals surface area contributed by atoms with Crippen LogP contribution in [0.3, 0.4) is 0 Å². The number of hydrogen-bond donors (Lipinski definition) is 7. The Balaban J connectivity index is 5.29. The number of rotatable bonds is 16. The first kappa shape index (κ1) is 28.6. The predicted molar refractivity (Wildman–Crippen MR) is 117 cm³/mol. The molecule has 0 aliphatic rings. The van der Waals surface area contributed by atoms with Gasteiger partial charge in [0.25, 0.3) is 0 Å². The number of carbonyl (C=O) groups is 5. The topological polar surface area (TPSA) is 220 Å². The van der Waals surface area contributed by atoms with Crippen LogP contribution < -0.4 is 33.2 Å². The van der Waals surface area contributed by atoms with Crippen LogP contribution in [0.4, 0.5) is 0 Å². The summed E-state index contributed by atoms with van der Waals surface area (Å²) in [4.78, 5) is 59.5. The monoisotopic (exact) mass is 462 g/mol. The lowest BCUT2D eigenvalue weighted by molar-refractivity contribution is -0.141. The van der Waals surface area contributed by atoms with Crippen molar-refractivity contribution in [2.45, 2.75) is 63.2 Å². The summed E-state index contributed by atoms with van der Waals surface area (Å²) in [7, 11) is 0. The summed E-state index contributed by atoms with van der Waals surface area (Å²) in [5, 5.41) is 16.4. The Hall–Kier alpha value is -2.38. The Labute approximate surface area is 185 Å². The van der Waals surface area contributed by atoms with Crippen LogP contribution >= 0.6 is 11.8 Å². The molecule has 13 heteroatoms. The van der Waals surface area contributed by atoms with Crippen LogP contribution in [0.15, 0.2) is 0 Å². The molecule has 0 aliphatic carbocycles. The largest absolute Gasteiger partial charge is 0.480 e. The number of thioether (sulfide) groups is 1. The number of carboxylic acid groups (broad SMARTS) is 1. The van der Waals surface area contributed by atoms with E-state index < -0.39 is 53.8 Å². The number of aliphatic carboxylic acids is 1. The smallest absolute Gasteiger partial charge is 0.325 e. The van der Waals surface area contributed by atoms with Gasteiger partial charge in [0.05, 0.1) is 12.5 Å². The molecule has 4 unspecified atom stereocenters. The third-order valence-electron chi connectivity index (χ3n) is 4.31. The van der Waals surface area contributed by atoms with Crippen LogP contribution in [0.5, 0.6) is 0 Å². The first-order valence-corrected chi connectivity index (χ1v) is 11.3. The first-order chi connectivity index (χ1) is 14.5.